The SMILES string of the molecule is COc1ccc(C(C)C)c(OC(F)(F)C(F)Cl)c1. The zero-order chi connectivity index (χ0) is 13.9. The van der Waals surface area contributed by atoms with E-state index in [0.29, 0.717) is 11.3 Å². The molecule has 1 aromatic rings. The van der Waals surface area contributed by atoms with Crippen LogP contribution in [0.3, 0.4) is 0 Å². The van der Waals surface area contributed by atoms with Crippen LogP contribution < -0.4 is 9.47 Å². The third-order valence-corrected chi connectivity index (χ3v) is 2.60. The molecule has 0 aliphatic carbocycles. The quantitative estimate of drug-likeness (QED) is 0.749. The first-order chi connectivity index (χ1) is 8.27. The van der Waals surface area contributed by atoms with Crippen LogP contribution >= 0.6 is 11.6 Å². The van der Waals surface area contributed by atoms with Crippen LogP contribution in [0.1, 0.15) is 25.3 Å². The smallest absolute Gasteiger partial charge is 0.444 e. The van der Waals surface area contributed by atoms with E-state index in [9.17, 15) is 13.2 Å². The summed E-state index contributed by atoms with van der Waals surface area (Å²) in [5, 5.41) is 0. The van der Waals surface area contributed by atoms with E-state index < -0.39 is 11.7 Å². The first-order valence-electron chi connectivity index (χ1n) is 5.31. The lowest BCUT2D eigenvalue weighted by molar-refractivity contribution is -0.199. The maximum atomic E-state index is 13.1. The summed E-state index contributed by atoms with van der Waals surface area (Å²) in [6.45, 7) is 3.61. The highest BCUT2D eigenvalue weighted by atomic mass is 35.5. The van der Waals surface area contributed by atoms with Crippen molar-refractivity contribution in [3.8, 4) is 11.5 Å². The summed E-state index contributed by atoms with van der Waals surface area (Å²) in [5.74, 6) is 0.142. The van der Waals surface area contributed by atoms with Crippen LogP contribution in [0.25, 0.3) is 0 Å². The molecule has 0 aliphatic heterocycles. The Balaban J connectivity index is 3.12. The van der Waals surface area contributed by atoms with Crippen molar-refractivity contribution >= 4 is 11.6 Å². The Labute approximate surface area is 109 Å². The van der Waals surface area contributed by atoms with Crippen molar-refractivity contribution in [2.75, 3.05) is 7.11 Å². The third-order valence-electron chi connectivity index (χ3n) is 2.34. The second kappa shape index (κ2) is 5.69. The summed E-state index contributed by atoms with van der Waals surface area (Å²) >= 11 is 4.75. The molecule has 1 atom stereocenters. The van der Waals surface area contributed by atoms with Gasteiger partial charge in [0.2, 0.25) is 0 Å². The molecule has 0 radical (unpaired) electrons. The van der Waals surface area contributed by atoms with E-state index in [1.807, 2.05) is 0 Å². The number of benzene rings is 1. The topological polar surface area (TPSA) is 18.5 Å². The van der Waals surface area contributed by atoms with Crippen LogP contribution in [-0.2, 0) is 0 Å². The highest BCUT2D eigenvalue weighted by Crippen LogP contribution is 2.36. The van der Waals surface area contributed by atoms with Crippen molar-refractivity contribution in [2.45, 2.75) is 31.5 Å². The van der Waals surface area contributed by atoms with Gasteiger partial charge in [-0.2, -0.15) is 8.78 Å². The Morgan fingerprint density at radius 2 is 1.89 bits per heavy atom. The van der Waals surface area contributed by atoms with Crippen molar-refractivity contribution < 1.29 is 22.6 Å². The second-order valence-electron chi connectivity index (χ2n) is 4.02. The largest absolute Gasteiger partial charge is 0.497 e. The lowest BCUT2D eigenvalue weighted by atomic mass is 10.0. The van der Waals surface area contributed by atoms with Crippen LogP contribution in [0, 0.1) is 0 Å². The standard InChI is InChI=1S/C12H14ClF3O2/c1-7(2)9-5-4-8(17-3)6-10(9)18-12(15,16)11(13)14/h4-7,11H,1-3H3. The van der Waals surface area contributed by atoms with Crippen LogP contribution in [0.15, 0.2) is 18.2 Å². The number of hydrogen-bond acceptors (Lipinski definition) is 2. The van der Waals surface area contributed by atoms with Gasteiger partial charge in [-0.05, 0) is 17.5 Å². The van der Waals surface area contributed by atoms with Crippen molar-refractivity contribution in [1.82, 2.24) is 0 Å². The zero-order valence-electron chi connectivity index (χ0n) is 10.2. The number of halogens is 4. The van der Waals surface area contributed by atoms with Gasteiger partial charge >= 0.3 is 6.11 Å². The van der Waals surface area contributed by atoms with E-state index in [2.05, 4.69) is 4.74 Å². The summed E-state index contributed by atoms with van der Waals surface area (Å²) in [6, 6.07) is 4.49. The summed E-state index contributed by atoms with van der Waals surface area (Å²) < 4.78 is 48.1. The molecule has 0 aliphatic rings. The molecule has 0 heterocycles. The highest BCUT2D eigenvalue weighted by molar-refractivity contribution is 6.20. The molecule has 0 fully saturated rings. The summed E-state index contributed by atoms with van der Waals surface area (Å²) in [4.78, 5) is 0. The van der Waals surface area contributed by atoms with Gasteiger partial charge in [0.15, 0.2) is 0 Å². The Morgan fingerprint density at radius 3 is 2.33 bits per heavy atom. The minimum Gasteiger partial charge on any atom is -0.497 e. The number of methoxy groups -OCH3 is 1. The molecule has 0 N–H and O–H groups in total. The fourth-order valence-electron chi connectivity index (χ4n) is 1.40. The van der Waals surface area contributed by atoms with E-state index in [1.165, 1.54) is 13.2 Å². The van der Waals surface area contributed by atoms with Gasteiger partial charge in [-0.25, -0.2) is 4.39 Å². The molecule has 6 heteroatoms. The number of rotatable bonds is 5. The van der Waals surface area contributed by atoms with Gasteiger partial charge in [-0.15, -0.1) is 0 Å². The Bertz CT molecular complexity index is 408. The minimum absolute atomic E-state index is 0.0601. The first kappa shape index (κ1) is 15.0. The molecule has 2 nitrogen and oxygen atoms in total. The lowest BCUT2D eigenvalue weighted by Gasteiger charge is -2.21. The van der Waals surface area contributed by atoms with Crippen LogP contribution in [0.4, 0.5) is 13.2 Å². The zero-order valence-corrected chi connectivity index (χ0v) is 11.0. The molecule has 0 saturated carbocycles. The highest BCUT2D eigenvalue weighted by Gasteiger charge is 2.42. The number of alkyl halides is 4. The number of hydrogen-bond donors (Lipinski definition) is 0. The Hall–Kier alpha value is -1.10. The van der Waals surface area contributed by atoms with Crippen molar-refractivity contribution in [2.24, 2.45) is 0 Å². The second-order valence-corrected chi connectivity index (χ2v) is 4.41. The Kier molecular flexibility index (Phi) is 4.73. The summed E-state index contributed by atoms with van der Waals surface area (Å²) in [6.07, 6.45) is -4.09. The van der Waals surface area contributed by atoms with Gasteiger partial charge in [-0.3, -0.25) is 0 Å². The predicted octanol–water partition coefficient (Wildman–Crippen LogP) is 4.32. The van der Waals surface area contributed by atoms with Gasteiger partial charge in [0, 0.05) is 6.07 Å². The van der Waals surface area contributed by atoms with Crippen LogP contribution in [0.5, 0.6) is 11.5 Å². The molecule has 18 heavy (non-hydrogen) atoms. The lowest BCUT2D eigenvalue weighted by Crippen LogP contribution is -2.33. The molecular weight excluding hydrogens is 269 g/mol. The van der Waals surface area contributed by atoms with E-state index in [4.69, 9.17) is 16.3 Å². The van der Waals surface area contributed by atoms with Crippen molar-refractivity contribution in [3.63, 3.8) is 0 Å². The van der Waals surface area contributed by atoms with Crippen LogP contribution in [0.2, 0.25) is 0 Å². The Morgan fingerprint density at radius 1 is 1.28 bits per heavy atom. The maximum Gasteiger partial charge on any atom is 0.444 e. The van der Waals surface area contributed by atoms with Gasteiger partial charge in [0.1, 0.15) is 11.5 Å². The molecule has 0 bridgehead atoms. The third kappa shape index (κ3) is 3.45. The van der Waals surface area contributed by atoms with E-state index in [-0.39, 0.29) is 11.7 Å². The van der Waals surface area contributed by atoms with Crippen LogP contribution in [-0.4, -0.2) is 18.8 Å². The van der Waals surface area contributed by atoms with E-state index in [0.717, 1.165) is 0 Å². The normalized spacial score (nSPS) is 13.6. The molecular formula is C12H14ClF3O2. The van der Waals surface area contributed by atoms with Gasteiger partial charge in [-0.1, -0.05) is 31.5 Å². The molecule has 1 aromatic carbocycles. The maximum absolute atomic E-state index is 13.1. The minimum atomic E-state index is -4.09. The van der Waals surface area contributed by atoms with Gasteiger partial charge < -0.3 is 9.47 Å². The fraction of sp³-hybridized carbons (Fsp3) is 0.500. The molecule has 1 unspecified atom stereocenters. The van der Waals surface area contributed by atoms with Gasteiger partial charge in [0.05, 0.1) is 7.11 Å². The summed E-state index contributed by atoms with van der Waals surface area (Å²) in [7, 11) is 1.39. The van der Waals surface area contributed by atoms with Crippen molar-refractivity contribution in [3.05, 3.63) is 23.8 Å². The predicted molar refractivity (Wildman–Crippen MR) is 63.4 cm³/mol. The summed E-state index contributed by atoms with van der Waals surface area (Å²) in [5.41, 5.74) is -2.39. The fourth-order valence-corrected chi connectivity index (χ4v) is 1.44. The molecule has 0 amide bonds. The monoisotopic (exact) mass is 282 g/mol. The first-order valence-corrected chi connectivity index (χ1v) is 5.74. The van der Waals surface area contributed by atoms with E-state index in [1.54, 1.807) is 26.0 Å². The molecule has 1 rings (SSSR count). The van der Waals surface area contributed by atoms with Gasteiger partial charge in [0.25, 0.3) is 5.63 Å². The molecule has 0 saturated heterocycles. The molecule has 0 aromatic heterocycles. The molecule has 0 spiro atoms. The number of ether oxygens (including phenoxy) is 2. The molecule has 102 valence electrons. The van der Waals surface area contributed by atoms with E-state index >= 15 is 0 Å². The average Bonchev–Trinajstić information content (AvgIpc) is 2.27. The average molecular weight is 283 g/mol. The van der Waals surface area contributed by atoms with Crippen molar-refractivity contribution in [1.29, 1.82) is 0 Å².